The van der Waals surface area contributed by atoms with Crippen molar-refractivity contribution in [2.45, 2.75) is 31.4 Å². The van der Waals surface area contributed by atoms with Crippen LogP contribution in [0.4, 0.5) is 0 Å². The molecule has 1 fully saturated rings. The topological polar surface area (TPSA) is 44.7 Å². The zero-order chi connectivity index (χ0) is 11.3. The molecular weight excluding hydrogens is 192 g/mol. The van der Waals surface area contributed by atoms with Crippen LogP contribution in [0.2, 0.25) is 0 Å². The maximum Gasteiger partial charge on any atom is 0.0623 e. The fourth-order valence-corrected chi connectivity index (χ4v) is 2.00. The number of methoxy groups -OCH3 is 1. The van der Waals surface area contributed by atoms with Crippen molar-refractivity contribution in [3.63, 3.8) is 0 Å². The lowest BCUT2D eigenvalue weighted by Crippen LogP contribution is -2.54. The third-order valence-corrected chi connectivity index (χ3v) is 3.39. The van der Waals surface area contributed by atoms with Crippen LogP contribution in [0.15, 0.2) is 0 Å². The van der Waals surface area contributed by atoms with Gasteiger partial charge in [-0.2, -0.15) is 0 Å². The third kappa shape index (κ3) is 3.72. The highest BCUT2D eigenvalue weighted by molar-refractivity contribution is 4.86. The summed E-state index contributed by atoms with van der Waals surface area (Å²) in [7, 11) is 3.68. The molecule has 1 atom stereocenters. The molecule has 0 aliphatic carbocycles. The first-order valence-corrected chi connectivity index (χ1v) is 5.68. The number of aliphatic hydroxyl groups is 1. The van der Waals surface area contributed by atoms with Gasteiger partial charge in [0.1, 0.15) is 0 Å². The van der Waals surface area contributed by atoms with Gasteiger partial charge in [-0.25, -0.2) is 0 Å². The van der Waals surface area contributed by atoms with E-state index in [2.05, 4.69) is 17.1 Å². The Balaban J connectivity index is 2.34. The molecule has 4 heteroatoms. The van der Waals surface area contributed by atoms with Gasteiger partial charge in [-0.15, -0.1) is 0 Å². The summed E-state index contributed by atoms with van der Waals surface area (Å²) in [5.41, 5.74) is -0.181. The second-order valence-electron chi connectivity index (χ2n) is 4.68. The predicted octanol–water partition coefficient (Wildman–Crippen LogP) is 0.0676. The van der Waals surface area contributed by atoms with Crippen LogP contribution in [-0.4, -0.2) is 62.0 Å². The van der Waals surface area contributed by atoms with Crippen LogP contribution in [0.3, 0.4) is 0 Å². The van der Waals surface area contributed by atoms with Crippen LogP contribution in [0.25, 0.3) is 0 Å². The number of likely N-dealkylation sites (N-methyl/N-ethyl adjacent to an activating group) is 1. The minimum absolute atomic E-state index is 0.174. The van der Waals surface area contributed by atoms with Crippen LogP contribution in [0, 0.1) is 0 Å². The number of ether oxygens (including phenoxy) is 1. The Bertz CT molecular complexity index is 175. The number of piperidine rings is 1. The molecule has 1 aliphatic rings. The largest absolute Gasteiger partial charge is 0.394 e. The molecule has 90 valence electrons. The van der Waals surface area contributed by atoms with Gasteiger partial charge in [-0.05, 0) is 26.8 Å². The zero-order valence-corrected chi connectivity index (χ0v) is 10.1. The second kappa shape index (κ2) is 5.80. The standard InChI is InChI=1S/C11H24N2O2/c1-11(9-14,12-2)8-13-6-4-10(15-3)5-7-13/h10,12,14H,4-9H2,1-3H3. The molecule has 4 nitrogen and oxygen atoms in total. The monoisotopic (exact) mass is 216 g/mol. The number of hydrogen-bond donors (Lipinski definition) is 2. The first kappa shape index (κ1) is 12.9. The molecule has 0 aromatic carbocycles. The van der Waals surface area contributed by atoms with Gasteiger partial charge in [0.25, 0.3) is 0 Å². The highest BCUT2D eigenvalue weighted by Crippen LogP contribution is 2.15. The van der Waals surface area contributed by atoms with Gasteiger partial charge in [0, 0.05) is 26.7 Å². The highest BCUT2D eigenvalue weighted by atomic mass is 16.5. The van der Waals surface area contributed by atoms with E-state index in [0.717, 1.165) is 32.5 Å². The maximum absolute atomic E-state index is 9.30. The molecule has 0 aromatic heterocycles. The molecule has 1 unspecified atom stereocenters. The highest BCUT2D eigenvalue weighted by Gasteiger charge is 2.27. The van der Waals surface area contributed by atoms with Crippen molar-refractivity contribution in [1.82, 2.24) is 10.2 Å². The average molecular weight is 216 g/mol. The zero-order valence-electron chi connectivity index (χ0n) is 10.1. The summed E-state index contributed by atoms with van der Waals surface area (Å²) in [6, 6.07) is 0. The molecule has 15 heavy (non-hydrogen) atoms. The van der Waals surface area contributed by atoms with Gasteiger partial charge in [0.15, 0.2) is 0 Å². The van der Waals surface area contributed by atoms with E-state index in [1.54, 1.807) is 7.11 Å². The maximum atomic E-state index is 9.30. The Hall–Kier alpha value is -0.160. The van der Waals surface area contributed by atoms with Gasteiger partial charge in [-0.3, -0.25) is 0 Å². The molecule has 0 radical (unpaired) electrons. The first-order chi connectivity index (χ1) is 7.13. The van der Waals surface area contributed by atoms with Crippen LogP contribution in [-0.2, 0) is 4.74 Å². The van der Waals surface area contributed by atoms with E-state index < -0.39 is 0 Å². The van der Waals surface area contributed by atoms with Crippen LogP contribution < -0.4 is 5.32 Å². The van der Waals surface area contributed by atoms with E-state index in [9.17, 15) is 5.11 Å². The van der Waals surface area contributed by atoms with E-state index in [1.807, 2.05) is 7.05 Å². The molecule has 1 rings (SSSR count). The molecule has 0 saturated carbocycles. The molecule has 0 spiro atoms. The van der Waals surface area contributed by atoms with Gasteiger partial charge < -0.3 is 20.1 Å². The number of hydrogen-bond acceptors (Lipinski definition) is 4. The fourth-order valence-electron chi connectivity index (χ4n) is 2.00. The lowest BCUT2D eigenvalue weighted by Gasteiger charge is -2.37. The van der Waals surface area contributed by atoms with Gasteiger partial charge in [-0.1, -0.05) is 0 Å². The minimum Gasteiger partial charge on any atom is -0.394 e. The third-order valence-electron chi connectivity index (χ3n) is 3.39. The summed E-state index contributed by atoms with van der Waals surface area (Å²) in [5.74, 6) is 0. The Morgan fingerprint density at radius 2 is 2.07 bits per heavy atom. The normalized spacial score (nSPS) is 24.0. The Morgan fingerprint density at radius 1 is 1.47 bits per heavy atom. The van der Waals surface area contributed by atoms with Crippen molar-refractivity contribution >= 4 is 0 Å². The average Bonchev–Trinajstić information content (AvgIpc) is 2.30. The van der Waals surface area contributed by atoms with E-state index >= 15 is 0 Å². The molecule has 0 aromatic rings. The van der Waals surface area contributed by atoms with Gasteiger partial charge in [0.2, 0.25) is 0 Å². The molecule has 0 bridgehead atoms. The fraction of sp³-hybridized carbons (Fsp3) is 1.00. The number of aliphatic hydroxyl groups excluding tert-OH is 1. The molecule has 1 aliphatic heterocycles. The lowest BCUT2D eigenvalue weighted by molar-refractivity contribution is 0.0277. The van der Waals surface area contributed by atoms with Crippen molar-refractivity contribution in [3.05, 3.63) is 0 Å². The summed E-state index contributed by atoms with van der Waals surface area (Å²) in [4.78, 5) is 2.39. The van der Waals surface area contributed by atoms with E-state index in [0.29, 0.717) is 6.10 Å². The summed E-state index contributed by atoms with van der Waals surface area (Å²) in [6.07, 6.45) is 2.62. The van der Waals surface area contributed by atoms with Crippen molar-refractivity contribution in [2.24, 2.45) is 0 Å². The first-order valence-electron chi connectivity index (χ1n) is 5.68. The molecule has 1 saturated heterocycles. The molecule has 0 amide bonds. The van der Waals surface area contributed by atoms with Crippen molar-refractivity contribution in [1.29, 1.82) is 0 Å². The molecular formula is C11H24N2O2. The second-order valence-corrected chi connectivity index (χ2v) is 4.68. The summed E-state index contributed by atoms with van der Waals surface area (Å²) >= 11 is 0. The van der Waals surface area contributed by atoms with E-state index in [-0.39, 0.29) is 12.1 Å². The lowest BCUT2D eigenvalue weighted by atomic mass is 10.0. The smallest absolute Gasteiger partial charge is 0.0623 e. The summed E-state index contributed by atoms with van der Waals surface area (Å²) in [5, 5.41) is 12.5. The van der Waals surface area contributed by atoms with Crippen LogP contribution in [0.1, 0.15) is 19.8 Å². The quantitative estimate of drug-likeness (QED) is 0.682. The van der Waals surface area contributed by atoms with E-state index in [1.165, 1.54) is 0 Å². The number of nitrogens with zero attached hydrogens (tertiary/aromatic N) is 1. The number of likely N-dealkylation sites (tertiary alicyclic amines) is 1. The minimum atomic E-state index is -0.181. The number of nitrogens with one attached hydrogen (secondary N) is 1. The van der Waals surface area contributed by atoms with Crippen LogP contribution in [0.5, 0.6) is 0 Å². The van der Waals surface area contributed by atoms with Crippen molar-refractivity contribution in [2.75, 3.05) is 40.4 Å². The molecule has 1 heterocycles. The summed E-state index contributed by atoms with van der Waals surface area (Å²) in [6.45, 7) is 5.26. The Labute approximate surface area is 92.6 Å². The molecule has 2 N–H and O–H groups in total. The van der Waals surface area contributed by atoms with Crippen molar-refractivity contribution < 1.29 is 9.84 Å². The van der Waals surface area contributed by atoms with Crippen molar-refractivity contribution in [3.8, 4) is 0 Å². The Kier molecular flexibility index (Phi) is 4.99. The predicted molar refractivity (Wildman–Crippen MR) is 61.0 cm³/mol. The van der Waals surface area contributed by atoms with Gasteiger partial charge in [0.05, 0.1) is 18.2 Å². The van der Waals surface area contributed by atoms with Crippen LogP contribution >= 0.6 is 0 Å². The van der Waals surface area contributed by atoms with E-state index in [4.69, 9.17) is 4.74 Å². The van der Waals surface area contributed by atoms with Gasteiger partial charge >= 0.3 is 0 Å². The number of rotatable bonds is 5. The summed E-state index contributed by atoms with van der Waals surface area (Å²) < 4.78 is 5.33. The SMILES string of the molecule is CNC(C)(CO)CN1CCC(OC)CC1. The Morgan fingerprint density at radius 3 is 2.47 bits per heavy atom.